The van der Waals surface area contributed by atoms with E-state index in [0.29, 0.717) is 0 Å². The molecule has 2 heterocycles. The summed E-state index contributed by atoms with van der Waals surface area (Å²) in [4.78, 5) is 18.0. The number of alkyl carbamates (subject to hydrolysis) is 1. The molecule has 1 atom stereocenters. The summed E-state index contributed by atoms with van der Waals surface area (Å²) in [6, 6.07) is 7.84. The number of carbonyl (C=O) groups excluding carboxylic acids is 1. The molecule has 0 aliphatic carbocycles. The van der Waals surface area contributed by atoms with E-state index in [0.717, 1.165) is 41.8 Å². The first-order valence-electron chi connectivity index (χ1n) is 6.91. The molecule has 6 heteroatoms. The van der Waals surface area contributed by atoms with Gasteiger partial charge in [0.2, 0.25) is 0 Å². The summed E-state index contributed by atoms with van der Waals surface area (Å²) in [5, 5.41) is 3.80. The number of nitrogens with two attached hydrogens (primary N) is 1. The van der Waals surface area contributed by atoms with Crippen molar-refractivity contribution in [2.45, 2.75) is 12.5 Å². The number of pyridine rings is 1. The summed E-state index contributed by atoms with van der Waals surface area (Å²) >= 11 is 0. The highest BCUT2D eigenvalue weighted by molar-refractivity contribution is 5.98. The predicted octanol–water partition coefficient (Wildman–Crippen LogP) is 1.75. The average Bonchev–Trinajstić information content (AvgIpc) is 2.96. The first kappa shape index (κ1) is 13.5. The molecule has 1 aromatic carbocycles. The number of aromatic nitrogens is 1. The van der Waals surface area contributed by atoms with Crippen LogP contribution in [0.25, 0.3) is 10.9 Å². The minimum atomic E-state index is -0.387. The highest BCUT2D eigenvalue weighted by Gasteiger charge is 2.25. The number of nitrogens with one attached hydrogen (secondary N) is 1. The van der Waals surface area contributed by atoms with Crippen LogP contribution in [0.2, 0.25) is 0 Å². The van der Waals surface area contributed by atoms with Gasteiger partial charge in [-0.1, -0.05) is 0 Å². The average molecular weight is 286 g/mol. The lowest BCUT2D eigenvalue weighted by atomic mass is 10.1. The molecule has 6 nitrogen and oxygen atoms in total. The topological polar surface area (TPSA) is 80.5 Å². The number of amides is 1. The van der Waals surface area contributed by atoms with E-state index >= 15 is 0 Å². The zero-order valence-corrected chi connectivity index (χ0v) is 11.9. The minimum absolute atomic E-state index is 0.0914. The van der Waals surface area contributed by atoms with Gasteiger partial charge in [0.15, 0.2) is 0 Å². The second-order valence-electron chi connectivity index (χ2n) is 5.14. The summed E-state index contributed by atoms with van der Waals surface area (Å²) in [6.45, 7) is 1.61. The predicted molar refractivity (Wildman–Crippen MR) is 82.3 cm³/mol. The molecule has 3 rings (SSSR count). The quantitative estimate of drug-likeness (QED) is 0.822. The van der Waals surface area contributed by atoms with Crippen molar-refractivity contribution in [3.05, 3.63) is 30.5 Å². The molecule has 1 aromatic heterocycles. The van der Waals surface area contributed by atoms with E-state index in [1.165, 1.54) is 7.11 Å². The number of carbonyl (C=O) groups is 1. The largest absolute Gasteiger partial charge is 0.453 e. The van der Waals surface area contributed by atoms with Crippen molar-refractivity contribution in [1.82, 2.24) is 10.3 Å². The molecular weight excluding hydrogens is 268 g/mol. The van der Waals surface area contributed by atoms with Crippen molar-refractivity contribution in [2.75, 3.05) is 30.8 Å². The first-order valence-corrected chi connectivity index (χ1v) is 6.91. The molecule has 1 aliphatic heterocycles. The van der Waals surface area contributed by atoms with Crippen molar-refractivity contribution in [3.63, 3.8) is 0 Å². The third kappa shape index (κ3) is 2.56. The SMILES string of the molecule is COC(=O)NC1CCN(c2ccc(N)c3cccnc23)C1. The second-order valence-corrected chi connectivity index (χ2v) is 5.14. The third-order valence-corrected chi connectivity index (χ3v) is 3.82. The summed E-state index contributed by atoms with van der Waals surface area (Å²) in [5.41, 5.74) is 8.68. The van der Waals surface area contributed by atoms with Crippen LogP contribution < -0.4 is 16.0 Å². The van der Waals surface area contributed by atoms with Crippen LogP contribution in [-0.2, 0) is 4.74 Å². The fourth-order valence-corrected chi connectivity index (χ4v) is 2.76. The Hall–Kier alpha value is -2.50. The molecule has 1 amide bonds. The fourth-order valence-electron chi connectivity index (χ4n) is 2.76. The second kappa shape index (κ2) is 5.47. The fraction of sp³-hybridized carbons (Fsp3) is 0.333. The van der Waals surface area contributed by atoms with E-state index in [-0.39, 0.29) is 12.1 Å². The van der Waals surface area contributed by atoms with E-state index in [4.69, 9.17) is 5.73 Å². The Bertz CT molecular complexity index is 674. The monoisotopic (exact) mass is 286 g/mol. The number of rotatable bonds is 2. The molecule has 21 heavy (non-hydrogen) atoms. The maximum absolute atomic E-state index is 11.3. The van der Waals surface area contributed by atoms with Crippen LogP contribution in [0.4, 0.5) is 16.2 Å². The van der Waals surface area contributed by atoms with Gasteiger partial charge in [-0.3, -0.25) is 4.98 Å². The van der Waals surface area contributed by atoms with E-state index < -0.39 is 0 Å². The van der Waals surface area contributed by atoms with Gasteiger partial charge in [0.1, 0.15) is 0 Å². The number of nitrogen functional groups attached to an aromatic ring is 1. The van der Waals surface area contributed by atoms with Gasteiger partial charge in [-0.05, 0) is 30.7 Å². The lowest BCUT2D eigenvalue weighted by Crippen LogP contribution is -2.37. The maximum Gasteiger partial charge on any atom is 0.407 e. The minimum Gasteiger partial charge on any atom is -0.453 e. The lowest BCUT2D eigenvalue weighted by Gasteiger charge is -2.20. The number of fused-ring (bicyclic) bond motifs is 1. The van der Waals surface area contributed by atoms with Gasteiger partial charge in [0, 0.05) is 30.4 Å². The Labute approximate surface area is 122 Å². The molecular formula is C15H18N4O2. The molecule has 0 spiro atoms. The van der Waals surface area contributed by atoms with Crippen molar-refractivity contribution in [3.8, 4) is 0 Å². The molecule has 0 radical (unpaired) electrons. The first-order chi connectivity index (χ1) is 10.2. The van der Waals surface area contributed by atoms with Crippen molar-refractivity contribution >= 4 is 28.4 Å². The normalized spacial score (nSPS) is 18.0. The Morgan fingerprint density at radius 1 is 1.48 bits per heavy atom. The van der Waals surface area contributed by atoms with Gasteiger partial charge in [0.05, 0.1) is 24.4 Å². The zero-order valence-electron chi connectivity index (χ0n) is 11.9. The summed E-state index contributed by atoms with van der Waals surface area (Å²) in [5.74, 6) is 0. The van der Waals surface area contributed by atoms with E-state index in [1.54, 1.807) is 6.20 Å². The third-order valence-electron chi connectivity index (χ3n) is 3.82. The Balaban J connectivity index is 1.86. The molecule has 1 unspecified atom stereocenters. The van der Waals surface area contributed by atoms with Gasteiger partial charge < -0.3 is 20.7 Å². The number of anilines is 2. The standard InChI is InChI=1S/C15H18N4O2/c1-21-15(20)18-10-6-8-19(9-10)13-5-4-12(16)11-3-2-7-17-14(11)13/h2-5,7,10H,6,8-9,16H2,1H3,(H,18,20). The highest BCUT2D eigenvalue weighted by atomic mass is 16.5. The summed E-state index contributed by atoms with van der Waals surface area (Å²) in [7, 11) is 1.37. The van der Waals surface area contributed by atoms with Crippen LogP contribution in [0, 0.1) is 0 Å². The van der Waals surface area contributed by atoms with Crippen LogP contribution in [0.5, 0.6) is 0 Å². The lowest BCUT2D eigenvalue weighted by molar-refractivity contribution is 0.167. The molecule has 1 aliphatic rings. The summed E-state index contributed by atoms with van der Waals surface area (Å²) < 4.78 is 4.64. The number of nitrogens with zero attached hydrogens (tertiary/aromatic N) is 2. The van der Waals surface area contributed by atoms with Gasteiger partial charge in [-0.25, -0.2) is 4.79 Å². The van der Waals surface area contributed by atoms with E-state index in [1.807, 2.05) is 24.3 Å². The van der Waals surface area contributed by atoms with Crippen molar-refractivity contribution in [1.29, 1.82) is 0 Å². The van der Waals surface area contributed by atoms with Crippen LogP contribution in [-0.4, -0.2) is 37.3 Å². The van der Waals surface area contributed by atoms with Crippen LogP contribution in [0.15, 0.2) is 30.5 Å². The van der Waals surface area contributed by atoms with Crippen LogP contribution >= 0.6 is 0 Å². The molecule has 0 saturated carbocycles. The number of benzene rings is 1. The van der Waals surface area contributed by atoms with Gasteiger partial charge in [-0.2, -0.15) is 0 Å². The maximum atomic E-state index is 11.3. The smallest absolute Gasteiger partial charge is 0.407 e. The summed E-state index contributed by atoms with van der Waals surface area (Å²) in [6.07, 6.45) is 2.27. The Morgan fingerprint density at radius 3 is 3.14 bits per heavy atom. The van der Waals surface area contributed by atoms with Gasteiger partial charge in [0.25, 0.3) is 0 Å². The van der Waals surface area contributed by atoms with Gasteiger partial charge in [-0.15, -0.1) is 0 Å². The number of ether oxygens (including phenoxy) is 1. The molecule has 2 aromatic rings. The molecule has 3 N–H and O–H groups in total. The molecule has 1 saturated heterocycles. The van der Waals surface area contributed by atoms with Crippen LogP contribution in [0.3, 0.4) is 0 Å². The molecule has 0 bridgehead atoms. The van der Waals surface area contributed by atoms with Crippen molar-refractivity contribution in [2.24, 2.45) is 0 Å². The van der Waals surface area contributed by atoms with Crippen molar-refractivity contribution < 1.29 is 9.53 Å². The molecule has 1 fully saturated rings. The van der Waals surface area contributed by atoms with E-state index in [2.05, 4.69) is 19.9 Å². The van der Waals surface area contributed by atoms with E-state index in [9.17, 15) is 4.79 Å². The Kier molecular flexibility index (Phi) is 3.51. The van der Waals surface area contributed by atoms with Gasteiger partial charge >= 0.3 is 6.09 Å². The number of hydrogen-bond acceptors (Lipinski definition) is 5. The zero-order chi connectivity index (χ0) is 14.8. The number of methoxy groups -OCH3 is 1. The highest BCUT2D eigenvalue weighted by Crippen LogP contribution is 2.31. The Morgan fingerprint density at radius 2 is 2.33 bits per heavy atom. The number of hydrogen-bond donors (Lipinski definition) is 2. The molecule has 110 valence electrons. The van der Waals surface area contributed by atoms with Crippen LogP contribution in [0.1, 0.15) is 6.42 Å².